The third-order valence-electron chi connectivity index (χ3n) is 6.03. The zero-order chi connectivity index (χ0) is 23.8. The van der Waals surface area contributed by atoms with E-state index >= 15 is 0 Å². The lowest BCUT2D eigenvalue weighted by molar-refractivity contribution is -0.142. The van der Waals surface area contributed by atoms with Gasteiger partial charge in [0.25, 0.3) is 0 Å². The van der Waals surface area contributed by atoms with Crippen molar-refractivity contribution in [3.05, 3.63) is 71.2 Å². The van der Waals surface area contributed by atoms with E-state index in [2.05, 4.69) is 10.3 Å². The van der Waals surface area contributed by atoms with E-state index in [0.29, 0.717) is 23.4 Å². The first-order valence-electron chi connectivity index (χ1n) is 11.8. The molecule has 1 N–H and O–H groups in total. The number of nitrogens with zero attached hydrogens (tertiary/aromatic N) is 1. The number of hydrogen-bond acceptors (Lipinski definition) is 6. The summed E-state index contributed by atoms with van der Waals surface area (Å²) in [5, 5.41) is 5.27. The first-order valence-corrected chi connectivity index (χ1v) is 12.7. The van der Waals surface area contributed by atoms with Crippen molar-refractivity contribution in [2.45, 2.75) is 51.4 Å². The van der Waals surface area contributed by atoms with Crippen molar-refractivity contribution in [3.8, 4) is 11.5 Å². The molecule has 1 fully saturated rings. The largest absolute Gasteiger partial charge is 0.466 e. The van der Waals surface area contributed by atoms with Crippen molar-refractivity contribution in [2.75, 3.05) is 11.9 Å². The Balaban J connectivity index is 1.45. The number of carbonyl (C=O) groups excluding carboxylic acids is 2. The third-order valence-corrected chi connectivity index (χ3v) is 6.84. The van der Waals surface area contributed by atoms with Gasteiger partial charge in [0, 0.05) is 5.38 Å². The molecule has 0 spiro atoms. The van der Waals surface area contributed by atoms with Crippen LogP contribution < -0.4 is 10.1 Å². The van der Waals surface area contributed by atoms with E-state index in [0.717, 1.165) is 23.5 Å². The minimum absolute atomic E-state index is 0.0688. The van der Waals surface area contributed by atoms with E-state index < -0.39 is 0 Å². The summed E-state index contributed by atoms with van der Waals surface area (Å²) in [5.41, 5.74) is 1.57. The molecule has 3 aromatic rings. The first kappa shape index (κ1) is 24.0. The molecule has 1 atom stereocenters. The highest BCUT2D eigenvalue weighted by atomic mass is 32.1. The van der Waals surface area contributed by atoms with Crippen molar-refractivity contribution in [1.82, 2.24) is 4.98 Å². The monoisotopic (exact) mass is 478 g/mol. The fraction of sp³-hybridized carbons (Fsp3) is 0.370. The second-order valence-corrected chi connectivity index (χ2v) is 9.40. The summed E-state index contributed by atoms with van der Waals surface area (Å²) in [6.45, 7) is 2.11. The SMILES string of the molecule is CCOC(=O)Cc1csc(NC(=O)C(CC2CCCC2)c2ccc(Oc3ccccc3)cc2)n1. The van der Waals surface area contributed by atoms with E-state index in [1.807, 2.05) is 54.6 Å². The number of aromatic nitrogens is 1. The summed E-state index contributed by atoms with van der Waals surface area (Å²) in [4.78, 5) is 29.5. The van der Waals surface area contributed by atoms with Crippen LogP contribution in [0.25, 0.3) is 0 Å². The van der Waals surface area contributed by atoms with Gasteiger partial charge < -0.3 is 14.8 Å². The average molecular weight is 479 g/mol. The van der Waals surface area contributed by atoms with Crippen molar-refractivity contribution in [1.29, 1.82) is 0 Å². The Morgan fingerprint density at radius 3 is 2.47 bits per heavy atom. The third kappa shape index (κ3) is 6.67. The number of anilines is 1. The second-order valence-electron chi connectivity index (χ2n) is 8.54. The van der Waals surface area contributed by atoms with Crippen LogP contribution in [0.5, 0.6) is 11.5 Å². The van der Waals surface area contributed by atoms with Crippen LogP contribution in [0, 0.1) is 5.92 Å². The normalized spacial score (nSPS) is 14.5. The molecule has 1 aliphatic carbocycles. The maximum atomic E-state index is 13.3. The topological polar surface area (TPSA) is 77.5 Å². The highest BCUT2D eigenvalue weighted by Gasteiger charge is 2.27. The van der Waals surface area contributed by atoms with E-state index in [4.69, 9.17) is 9.47 Å². The summed E-state index contributed by atoms with van der Waals surface area (Å²) in [7, 11) is 0. The second kappa shape index (κ2) is 11.8. The molecule has 2 aromatic carbocycles. The molecule has 0 radical (unpaired) electrons. The molecular weight excluding hydrogens is 448 g/mol. The van der Waals surface area contributed by atoms with Crippen LogP contribution in [0.1, 0.15) is 56.2 Å². The van der Waals surface area contributed by atoms with Crippen LogP contribution >= 0.6 is 11.3 Å². The maximum Gasteiger partial charge on any atom is 0.311 e. The molecule has 1 amide bonds. The van der Waals surface area contributed by atoms with Crippen molar-refractivity contribution in [3.63, 3.8) is 0 Å². The molecule has 7 heteroatoms. The molecule has 178 valence electrons. The Bertz CT molecular complexity index is 1080. The number of nitrogens with one attached hydrogen (secondary N) is 1. The van der Waals surface area contributed by atoms with E-state index in [-0.39, 0.29) is 24.2 Å². The molecule has 1 heterocycles. The molecule has 34 heavy (non-hydrogen) atoms. The minimum Gasteiger partial charge on any atom is -0.466 e. The maximum absolute atomic E-state index is 13.3. The summed E-state index contributed by atoms with van der Waals surface area (Å²) >= 11 is 1.33. The Labute approximate surface area is 204 Å². The standard InChI is InChI=1S/C27H30N2O4S/c1-2-32-25(30)17-21-18-34-27(28-21)29-26(31)24(16-19-8-6-7-9-19)20-12-14-23(15-13-20)33-22-10-4-3-5-11-22/h3-5,10-15,18-19,24H,2,6-9,16-17H2,1H3,(H,28,29,31). The predicted molar refractivity (Wildman–Crippen MR) is 133 cm³/mol. The number of carbonyl (C=O) groups is 2. The molecule has 1 aliphatic rings. The van der Waals surface area contributed by atoms with Gasteiger partial charge in [-0.2, -0.15) is 0 Å². The van der Waals surface area contributed by atoms with Crippen LogP contribution in [0.2, 0.25) is 0 Å². The van der Waals surface area contributed by atoms with Gasteiger partial charge in [0.15, 0.2) is 5.13 Å². The number of hydrogen-bond donors (Lipinski definition) is 1. The smallest absolute Gasteiger partial charge is 0.311 e. The van der Waals surface area contributed by atoms with E-state index in [1.54, 1.807) is 12.3 Å². The van der Waals surface area contributed by atoms with Gasteiger partial charge in [-0.05, 0) is 49.1 Å². The quantitative estimate of drug-likeness (QED) is 0.344. The molecule has 0 aliphatic heterocycles. The van der Waals surface area contributed by atoms with Crippen molar-refractivity contribution in [2.24, 2.45) is 5.92 Å². The predicted octanol–water partition coefficient (Wildman–Crippen LogP) is 6.34. The van der Waals surface area contributed by atoms with Gasteiger partial charge in [-0.1, -0.05) is 56.0 Å². The molecule has 0 saturated heterocycles. The van der Waals surface area contributed by atoms with Crippen LogP contribution in [-0.4, -0.2) is 23.5 Å². The first-order chi connectivity index (χ1) is 16.6. The van der Waals surface area contributed by atoms with Gasteiger partial charge in [0.05, 0.1) is 24.6 Å². The molecular formula is C27H30N2O4S. The van der Waals surface area contributed by atoms with Gasteiger partial charge in [0.2, 0.25) is 5.91 Å². The van der Waals surface area contributed by atoms with Crippen LogP contribution in [0.4, 0.5) is 5.13 Å². The zero-order valence-corrected chi connectivity index (χ0v) is 20.2. The van der Waals surface area contributed by atoms with Crippen molar-refractivity contribution >= 4 is 28.3 Å². The average Bonchev–Trinajstić information content (AvgIpc) is 3.51. The fourth-order valence-electron chi connectivity index (χ4n) is 4.36. The number of esters is 1. The number of rotatable bonds is 10. The van der Waals surface area contributed by atoms with Gasteiger partial charge in [-0.3, -0.25) is 9.59 Å². The number of amides is 1. The molecule has 1 aromatic heterocycles. The fourth-order valence-corrected chi connectivity index (χ4v) is 5.08. The highest BCUT2D eigenvalue weighted by Crippen LogP contribution is 2.36. The molecule has 4 rings (SSSR count). The Morgan fingerprint density at radius 2 is 1.76 bits per heavy atom. The molecule has 6 nitrogen and oxygen atoms in total. The van der Waals surface area contributed by atoms with E-state index in [1.165, 1.54) is 37.0 Å². The minimum atomic E-state index is -0.317. The zero-order valence-electron chi connectivity index (χ0n) is 19.4. The number of ether oxygens (including phenoxy) is 2. The van der Waals surface area contributed by atoms with Crippen LogP contribution in [0.3, 0.4) is 0 Å². The van der Waals surface area contributed by atoms with Crippen LogP contribution in [-0.2, 0) is 20.7 Å². The number of benzene rings is 2. The van der Waals surface area contributed by atoms with Gasteiger partial charge in [-0.25, -0.2) is 4.98 Å². The van der Waals surface area contributed by atoms with E-state index in [9.17, 15) is 9.59 Å². The molecule has 1 unspecified atom stereocenters. The number of para-hydroxylation sites is 1. The van der Waals surface area contributed by atoms with Gasteiger partial charge in [-0.15, -0.1) is 11.3 Å². The highest BCUT2D eigenvalue weighted by molar-refractivity contribution is 7.13. The van der Waals surface area contributed by atoms with Gasteiger partial charge in [0.1, 0.15) is 11.5 Å². The Kier molecular flexibility index (Phi) is 8.31. The Hall–Kier alpha value is -3.19. The summed E-state index contributed by atoms with van der Waals surface area (Å²) < 4.78 is 10.9. The lowest BCUT2D eigenvalue weighted by Crippen LogP contribution is -2.23. The lowest BCUT2D eigenvalue weighted by Gasteiger charge is -2.20. The lowest BCUT2D eigenvalue weighted by atomic mass is 9.87. The van der Waals surface area contributed by atoms with Crippen LogP contribution in [0.15, 0.2) is 60.0 Å². The van der Waals surface area contributed by atoms with Crippen molar-refractivity contribution < 1.29 is 19.1 Å². The Morgan fingerprint density at radius 1 is 1.06 bits per heavy atom. The summed E-state index contributed by atoms with van der Waals surface area (Å²) in [5.74, 6) is 1.40. The molecule has 0 bridgehead atoms. The van der Waals surface area contributed by atoms with Gasteiger partial charge >= 0.3 is 5.97 Å². The molecule has 1 saturated carbocycles. The summed E-state index contributed by atoms with van der Waals surface area (Å²) in [6, 6.07) is 17.4. The summed E-state index contributed by atoms with van der Waals surface area (Å²) in [6.07, 6.45) is 5.71. The number of thiazole rings is 1.